The second-order valence-corrected chi connectivity index (χ2v) is 41.0. The van der Waals surface area contributed by atoms with E-state index in [4.69, 9.17) is 0 Å². The third kappa shape index (κ3) is 14.8. The molecule has 0 amide bonds. The van der Waals surface area contributed by atoms with E-state index in [0.717, 1.165) is 45.5 Å². The normalized spacial score (nSPS) is 12.6. The molecule has 26 aromatic rings. The van der Waals surface area contributed by atoms with Gasteiger partial charge in [0, 0.05) is 77.9 Å². The van der Waals surface area contributed by atoms with Crippen molar-refractivity contribution in [1.82, 2.24) is 9.13 Å². The minimum absolute atomic E-state index is 0.0899. The van der Waals surface area contributed by atoms with Gasteiger partial charge in [-0.1, -0.05) is 392 Å². The van der Waals surface area contributed by atoms with Gasteiger partial charge in [-0.05, 0) is 359 Å². The van der Waals surface area contributed by atoms with E-state index >= 15 is 0 Å². The van der Waals surface area contributed by atoms with Crippen molar-refractivity contribution in [3.8, 4) is 123 Å². The zero-order valence-electron chi connectivity index (χ0n) is 83.4. The Labute approximate surface area is 863 Å². The van der Waals surface area contributed by atoms with Crippen molar-refractivity contribution in [1.29, 1.82) is 0 Å². The van der Waals surface area contributed by atoms with Gasteiger partial charge in [-0.2, -0.15) is 0 Å². The molecule has 2 aliphatic rings. The van der Waals surface area contributed by atoms with E-state index in [-0.39, 0.29) is 10.8 Å². The monoisotopic (exact) mass is 1890 g/mol. The van der Waals surface area contributed by atoms with Crippen LogP contribution in [0.25, 0.3) is 209 Å². The number of rotatable bonds is 16. The number of anilines is 6. The molecule has 0 N–H and O–H groups in total. The Morgan fingerprint density at radius 1 is 0.162 bits per heavy atom. The molecule has 0 radical (unpaired) electrons. The van der Waals surface area contributed by atoms with E-state index in [1.165, 1.54) is 231 Å². The summed E-state index contributed by atoms with van der Waals surface area (Å²) in [5.74, 6) is 0. The Morgan fingerprint density at radius 2 is 0.432 bits per heavy atom. The number of hydrogen-bond acceptors (Lipinski definition) is 2. The molecule has 0 unspecified atom stereocenters. The maximum absolute atomic E-state index is 2.48. The van der Waals surface area contributed by atoms with E-state index in [1.807, 2.05) is 0 Å². The lowest BCUT2D eigenvalue weighted by atomic mass is 9.80. The number of benzene rings is 24. The predicted octanol–water partition coefficient (Wildman–Crippen LogP) is 39.7. The van der Waals surface area contributed by atoms with Gasteiger partial charge in [0.25, 0.3) is 0 Å². The summed E-state index contributed by atoms with van der Waals surface area (Å²) >= 11 is 0. The van der Waals surface area contributed by atoms with Gasteiger partial charge in [0.05, 0.1) is 22.1 Å². The molecule has 0 saturated carbocycles. The average molecular weight is 1890 g/mol. The first-order valence-electron chi connectivity index (χ1n) is 51.7. The number of aryl methyl sites for hydroxylation is 2. The van der Waals surface area contributed by atoms with Crippen molar-refractivity contribution in [3.63, 3.8) is 0 Å². The number of hydrogen-bond donors (Lipinski definition) is 0. The van der Waals surface area contributed by atoms with E-state index in [2.05, 4.69) is 582 Å². The summed E-state index contributed by atoms with van der Waals surface area (Å²) in [6.07, 6.45) is 0. The number of fused-ring (bicyclic) bond motifs is 16. The molecule has 2 heterocycles. The summed E-state index contributed by atoms with van der Waals surface area (Å²) in [7, 11) is 0. The third-order valence-electron chi connectivity index (χ3n) is 31.8. The number of nitrogens with zero attached hydrogens (tertiary/aromatic N) is 4. The van der Waals surface area contributed by atoms with Gasteiger partial charge >= 0.3 is 0 Å². The van der Waals surface area contributed by atoms with Gasteiger partial charge in [0.2, 0.25) is 0 Å². The van der Waals surface area contributed by atoms with Crippen LogP contribution in [0.1, 0.15) is 61.1 Å². The molecule has 0 bridgehead atoms. The highest BCUT2D eigenvalue weighted by Crippen LogP contribution is 2.56. The lowest BCUT2D eigenvalue weighted by Crippen LogP contribution is -2.14. The molecule has 2 aliphatic carbocycles. The maximum Gasteiger partial charge on any atom is 0.0541 e. The molecule has 0 saturated heterocycles. The first-order valence-corrected chi connectivity index (χ1v) is 51.7. The Kier molecular flexibility index (Phi) is 21.4. The van der Waals surface area contributed by atoms with E-state index in [0.29, 0.717) is 0 Å². The molecule has 700 valence electrons. The Hall–Kier alpha value is -18.5. The second kappa shape index (κ2) is 35.8. The van der Waals surface area contributed by atoms with Gasteiger partial charge < -0.3 is 18.9 Å². The largest absolute Gasteiger partial charge is 0.310 e. The van der Waals surface area contributed by atoms with Crippen molar-refractivity contribution in [2.75, 3.05) is 9.80 Å². The van der Waals surface area contributed by atoms with Crippen molar-refractivity contribution < 1.29 is 0 Å². The lowest BCUT2D eigenvalue weighted by Gasteiger charge is -2.29. The second-order valence-electron chi connectivity index (χ2n) is 41.0. The molecule has 4 heteroatoms. The van der Waals surface area contributed by atoms with Crippen LogP contribution in [0.3, 0.4) is 0 Å². The summed E-state index contributed by atoms with van der Waals surface area (Å²) in [5.41, 5.74) is 46.5. The van der Waals surface area contributed by atoms with Crippen LogP contribution in [0.5, 0.6) is 0 Å². The highest BCUT2D eigenvalue weighted by molar-refractivity contribution is 6.24. The maximum atomic E-state index is 2.48. The van der Waals surface area contributed by atoms with Crippen LogP contribution in [0, 0.1) is 13.8 Å². The van der Waals surface area contributed by atoms with Gasteiger partial charge in [-0.15, -0.1) is 0 Å². The minimum atomic E-state index is -0.0929. The Bertz CT molecular complexity index is 9450. The molecule has 4 nitrogen and oxygen atoms in total. The van der Waals surface area contributed by atoms with Crippen molar-refractivity contribution in [3.05, 3.63) is 555 Å². The minimum Gasteiger partial charge on any atom is -0.310 e. The summed E-state index contributed by atoms with van der Waals surface area (Å²) < 4.78 is 4.85. The first kappa shape index (κ1) is 88.5. The van der Waals surface area contributed by atoms with Crippen molar-refractivity contribution in [2.45, 2.75) is 52.4 Å². The fraction of sp³-hybridized carbons (Fsp3) is 0.0556. The van der Waals surface area contributed by atoms with E-state index < -0.39 is 0 Å². The standard InChI is InChI=1S/C73H54N2.C71H50N2/c1-47-43-70(48(2)42-63(47)72-61-29-16-14-27-59(61)71(60-28-15-17-30-62(60)72)53-32-39-58-57-26-18-19-31-66(57)73(3,4)67(58)46-53)74(54-24-12-7-13-25-54)55-35-37-56(38-36-55)75-68-40-33-51(49-20-8-5-9-21-49)44-64(68)65-45-52(34-41-69(65)75)50-22-10-6-11-23-50;1-71(2)65-32-17-16-27-57(65)58-40-33-52(46-66(58)71)70-61-30-14-12-28-59(61)69(60-29-13-15-31-62(60)70)51-23-18-26-56(43-51)72(53-24-10-5-11-25-53)54-36-38-55(39-37-54)73-67-41-34-49(47-19-6-3-7-20-47)44-63(67)64-45-50(35-42-68(64)73)48-21-8-4-9-22-48/h5-46H,1-4H3;3-46H,1-2H3. The molecule has 0 atom stereocenters. The molecule has 28 rings (SSSR count). The zero-order valence-corrected chi connectivity index (χ0v) is 83.4. The first-order chi connectivity index (χ1) is 72.8. The molecular formula is C144H104N4. The summed E-state index contributed by atoms with van der Waals surface area (Å²) in [5, 5.41) is 15.0. The highest BCUT2D eigenvalue weighted by atomic mass is 15.2. The molecule has 148 heavy (non-hydrogen) atoms. The van der Waals surface area contributed by atoms with Crippen molar-refractivity contribution >= 4 is 121 Å². The molecule has 24 aromatic carbocycles. The summed E-state index contributed by atoms with van der Waals surface area (Å²) in [4.78, 5) is 4.81. The smallest absolute Gasteiger partial charge is 0.0541 e. The van der Waals surface area contributed by atoms with Gasteiger partial charge in [-0.3, -0.25) is 0 Å². The summed E-state index contributed by atoms with van der Waals surface area (Å²) in [6.45, 7) is 14.1. The average Bonchev–Trinajstić information content (AvgIpc) is 1.62. The van der Waals surface area contributed by atoms with Crippen LogP contribution in [0.2, 0.25) is 0 Å². The zero-order chi connectivity index (χ0) is 99.0. The fourth-order valence-corrected chi connectivity index (χ4v) is 24.7. The summed E-state index contributed by atoms with van der Waals surface area (Å²) in [6, 6.07) is 193. The van der Waals surface area contributed by atoms with Crippen LogP contribution in [0.15, 0.2) is 522 Å². The topological polar surface area (TPSA) is 16.3 Å². The predicted molar refractivity (Wildman–Crippen MR) is 629 cm³/mol. The van der Waals surface area contributed by atoms with Crippen LogP contribution in [-0.4, -0.2) is 9.13 Å². The number of para-hydroxylation sites is 2. The quantitative estimate of drug-likeness (QED) is 0.0897. The Morgan fingerprint density at radius 3 is 0.791 bits per heavy atom. The molecular weight excluding hydrogens is 1790 g/mol. The van der Waals surface area contributed by atoms with Crippen molar-refractivity contribution in [2.24, 2.45) is 0 Å². The van der Waals surface area contributed by atoms with Crippen LogP contribution in [0.4, 0.5) is 34.1 Å². The van der Waals surface area contributed by atoms with Gasteiger partial charge in [0.1, 0.15) is 0 Å². The third-order valence-corrected chi connectivity index (χ3v) is 31.8. The fourth-order valence-electron chi connectivity index (χ4n) is 24.7. The highest BCUT2D eigenvalue weighted by Gasteiger charge is 2.38. The van der Waals surface area contributed by atoms with Crippen LogP contribution >= 0.6 is 0 Å². The molecule has 2 aromatic heterocycles. The van der Waals surface area contributed by atoms with E-state index in [1.54, 1.807) is 0 Å². The van der Waals surface area contributed by atoms with Crippen LogP contribution in [-0.2, 0) is 10.8 Å². The SMILES string of the molecule is CC1(C)c2ccccc2-c2ccc(-c3c4ccccc4c(-c4cccc(N(c5ccccc5)c5ccc(-n6c7ccc(-c8ccccc8)cc7c7cc(-c8ccccc8)ccc76)cc5)c4)c4ccccc34)cc21.Cc1cc(N(c2ccccc2)c2ccc(-n3c4ccc(-c5ccccc5)cc4c4cc(-c5ccccc5)ccc43)cc2)c(C)cc1-c1c2ccccc2c(-c2ccc3c(c2)C(C)(C)c2ccccc2-3)c2ccccc12. The molecule has 0 fully saturated rings. The van der Waals surface area contributed by atoms with E-state index in [9.17, 15) is 0 Å². The molecule has 0 spiro atoms. The van der Waals surface area contributed by atoms with Gasteiger partial charge in [-0.25, -0.2) is 0 Å². The van der Waals surface area contributed by atoms with Gasteiger partial charge in [0.15, 0.2) is 0 Å². The lowest BCUT2D eigenvalue weighted by molar-refractivity contribution is 0.660. The number of aromatic nitrogens is 2. The Balaban J connectivity index is 0.000000146. The van der Waals surface area contributed by atoms with Crippen LogP contribution < -0.4 is 9.80 Å². The molecule has 0 aliphatic heterocycles.